The highest BCUT2D eigenvalue weighted by atomic mass is 79.9. The third kappa shape index (κ3) is 6.18. The van der Waals surface area contributed by atoms with Crippen LogP contribution in [-0.4, -0.2) is 41.7 Å². The number of nitrogens with zero attached hydrogens (tertiary/aromatic N) is 1. The van der Waals surface area contributed by atoms with Crippen LogP contribution in [0.1, 0.15) is 18.1 Å². The van der Waals surface area contributed by atoms with Crippen molar-refractivity contribution in [1.82, 2.24) is 4.90 Å². The molecule has 2 aromatic rings. The number of amides is 3. The average Bonchev–Trinajstić information content (AvgIpc) is 3.02. The van der Waals surface area contributed by atoms with Crippen LogP contribution in [0.25, 0.3) is 6.08 Å². The predicted molar refractivity (Wildman–Crippen MR) is 132 cm³/mol. The number of carbonyl (C=O) groups excluding carboxylic acids is 3. The molecule has 1 saturated heterocycles. The molecule has 3 amide bonds. The van der Waals surface area contributed by atoms with Crippen molar-refractivity contribution in [3.05, 3.63) is 56.9 Å². The number of thioether (sulfide) groups is 1. The van der Waals surface area contributed by atoms with Crippen LogP contribution in [0, 0.1) is 19.3 Å². The first-order chi connectivity index (χ1) is 15.8. The van der Waals surface area contributed by atoms with E-state index in [0.29, 0.717) is 33.8 Å². The molecule has 9 heteroatoms. The second kappa shape index (κ2) is 11.1. The van der Waals surface area contributed by atoms with E-state index in [1.165, 1.54) is 0 Å². The lowest BCUT2D eigenvalue weighted by molar-refractivity contribution is -0.127. The van der Waals surface area contributed by atoms with Gasteiger partial charge in [0.25, 0.3) is 11.1 Å². The Hall–Kier alpha value is -3.22. The van der Waals surface area contributed by atoms with Crippen LogP contribution >= 0.6 is 27.7 Å². The lowest BCUT2D eigenvalue weighted by atomic mass is 10.2. The Morgan fingerprint density at radius 1 is 1.24 bits per heavy atom. The summed E-state index contributed by atoms with van der Waals surface area (Å²) < 4.78 is 11.8. The van der Waals surface area contributed by atoms with Crippen molar-refractivity contribution in [2.24, 2.45) is 0 Å². The molecule has 3 rings (SSSR count). The summed E-state index contributed by atoms with van der Waals surface area (Å²) in [6.45, 7) is 3.86. The predicted octanol–water partition coefficient (Wildman–Crippen LogP) is 4.84. The molecule has 0 aliphatic carbocycles. The SMILES string of the molecule is C#CCOc1c(Br)cc(C=C2SC(=O)N(CC(=O)Nc3ccc(C)cc3)C2=O)cc1OCC. The first-order valence-electron chi connectivity index (χ1n) is 9.96. The van der Waals surface area contributed by atoms with Gasteiger partial charge >= 0.3 is 0 Å². The maximum absolute atomic E-state index is 12.8. The Kier molecular flexibility index (Phi) is 8.20. The Morgan fingerprint density at radius 3 is 2.64 bits per heavy atom. The van der Waals surface area contributed by atoms with Gasteiger partial charge in [-0.05, 0) is 77.4 Å². The molecule has 0 saturated carbocycles. The van der Waals surface area contributed by atoms with Crippen molar-refractivity contribution < 1.29 is 23.9 Å². The lowest BCUT2D eigenvalue weighted by Crippen LogP contribution is -2.36. The van der Waals surface area contributed by atoms with Gasteiger partial charge in [0, 0.05) is 5.69 Å². The minimum atomic E-state index is -0.536. The highest BCUT2D eigenvalue weighted by molar-refractivity contribution is 9.10. The topological polar surface area (TPSA) is 84.9 Å². The van der Waals surface area contributed by atoms with Gasteiger partial charge in [0.15, 0.2) is 11.5 Å². The number of benzene rings is 2. The van der Waals surface area contributed by atoms with Gasteiger partial charge in [0.05, 0.1) is 16.0 Å². The number of rotatable bonds is 8. The number of terminal acetylenes is 1. The van der Waals surface area contributed by atoms with Crippen LogP contribution in [0.4, 0.5) is 10.5 Å². The Labute approximate surface area is 204 Å². The van der Waals surface area contributed by atoms with E-state index in [-0.39, 0.29) is 18.1 Å². The second-order valence-electron chi connectivity index (χ2n) is 6.94. The van der Waals surface area contributed by atoms with Crippen LogP contribution in [-0.2, 0) is 9.59 Å². The first-order valence-corrected chi connectivity index (χ1v) is 11.6. The third-order valence-electron chi connectivity index (χ3n) is 4.44. The van der Waals surface area contributed by atoms with E-state index in [1.54, 1.807) is 30.3 Å². The number of carbonyl (C=O) groups is 3. The molecular weight excluding hydrogens is 508 g/mol. The van der Waals surface area contributed by atoms with Crippen LogP contribution in [0.2, 0.25) is 0 Å². The standard InChI is InChI=1S/C24H21BrN2O5S/c1-4-10-32-22-18(25)11-16(12-19(22)31-5-2)13-20-23(29)27(24(30)33-20)14-21(28)26-17-8-6-15(3)7-9-17/h1,6-9,11-13H,5,10,14H2,2-3H3,(H,26,28). The zero-order valence-corrected chi connectivity index (χ0v) is 20.4. The number of aryl methyl sites for hydroxylation is 1. The van der Waals surface area contributed by atoms with Crippen molar-refractivity contribution >= 4 is 56.5 Å². The summed E-state index contributed by atoms with van der Waals surface area (Å²) in [7, 11) is 0. The number of hydrogen-bond acceptors (Lipinski definition) is 6. The molecule has 0 radical (unpaired) electrons. The van der Waals surface area contributed by atoms with Crippen LogP contribution in [0.3, 0.4) is 0 Å². The smallest absolute Gasteiger partial charge is 0.294 e. The normalized spacial score (nSPS) is 14.4. The molecule has 1 aliphatic rings. The fourth-order valence-electron chi connectivity index (χ4n) is 2.96. The van der Waals surface area contributed by atoms with Crippen LogP contribution < -0.4 is 14.8 Å². The molecule has 170 valence electrons. The monoisotopic (exact) mass is 528 g/mol. The van der Waals surface area contributed by atoms with E-state index in [4.69, 9.17) is 15.9 Å². The molecule has 0 aromatic heterocycles. The van der Waals surface area contributed by atoms with E-state index in [0.717, 1.165) is 22.2 Å². The third-order valence-corrected chi connectivity index (χ3v) is 5.94. The molecule has 0 spiro atoms. The van der Waals surface area contributed by atoms with Gasteiger partial charge < -0.3 is 14.8 Å². The fraction of sp³-hybridized carbons (Fsp3) is 0.208. The lowest BCUT2D eigenvalue weighted by Gasteiger charge is -2.13. The van der Waals surface area contributed by atoms with Gasteiger partial charge in [0.1, 0.15) is 13.2 Å². The Bertz CT molecular complexity index is 1150. The molecule has 1 N–H and O–H groups in total. The summed E-state index contributed by atoms with van der Waals surface area (Å²) in [6, 6.07) is 10.6. The molecule has 0 atom stereocenters. The highest BCUT2D eigenvalue weighted by Crippen LogP contribution is 2.39. The van der Waals surface area contributed by atoms with Gasteiger partial charge in [0.2, 0.25) is 5.91 Å². The summed E-state index contributed by atoms with van der Waals surface area (Å²) in [5.74, 6) is 2.31. The molecule has 0 bridgehead atoms. The second-order valence-corrected chi connectivity index (χ2v) is 8.79. The maximum Gasteiger partial charge on any atom is 0.294 e. The fourth-order valence-corrected chi connectivity index (χ4v) is 4.37. The van der Waals surface area contributed by atoms with Gasteiger partial charge in [-0.3, -0.25) is 19.3 Å². The van der Waals surface area contributed by atoms with Crippen molar-refractivity contribution in [2.75, 3.05) is 25.1 Å². The number of ether oxygens (including phenoxy) is 2. The van der Waals surface area contributed by atoms with E-state index in [9.17, 15) is 14.4 Å². The van der Waals surface area contributed by atoms with Gasteiger partial charge in [-0.1, -0.05) is 23.6 Å². The van der Waals surface area contributed by atoms with E-state index in [2.05, 4.69) is 27.2 Å². The number of halogens is 1. The molecule has 2 aromatic carbocycles. The van der Waals surface area contributed by atoms with Crippen molar-refractivity contribution in [3.63, 3.8) is 0 Å². The maximum atomic E-state index is 12.8. The zero-order valence-electron chi connectivity index (χ0n) is 18.0. The molecular formula is C24H21BrN2O5S. The van der Waals surface area contributed by atoms with E-state index in [1.807, 2.05) is 26.0 Å². The number of imide groups is 1. The van der Waals surface area contributed by atoms with Gasteiger partial charge in [-0.2, -0.15) is 0 Å². The molecule has 1 heterocycles. The first kappa shape index (κ1) is 24.4. The summed E-state index contributed by atoms with van der Waals surface area (Å²) >= 11 is 4.20. The summed E-state index contributed by atoms with van der Waals surface area (Å²) in [5.41, 5.74) is 2.26. The van der Waals surface area contributed by atoms with Crippen LogP contribution in [0.5, 0.6) is 11.5 Å². The van der Waals surface area contributed by atoms with Crippen molar-refractivity contribution in [1.29, 1.82) is 0 Å². The number of hydrogen-bond donors (Lipinski definition) is 1. The van der Waals surface area contributed by atoms with Gasteiger partial charge in [-0.25, -0.2) is 0 Å². The largest absolute Gasteiger partial charge is 0.490 e. The summed E-state index contributed by atoms with van der Waals surface area (Å²) in [5, 5.41) is 2.18. The van der Waals surface area contributed by atoms with Gasteiger partial charge in [-0.15, -0.1) is 6.42 Å². The van der Waals surface area contributed by atoms with Crippen molar-refractivity contribution in [3.8, 4) is 23.8 Å². The molecule has 1 aliphatic heterocycles. The van der Waals surface area contributed by atoms with Crippen LogP contribution in [0.15, 0.2) is 45.8 Å². The summed E-state index contributed by atoms with van der Waals surface area (Å²) in [4.78, 5) is 38.7. The minimum Gasteiger partial charge on any atom is -0.490 e. The molecule has 33 heavy (non-hydrogen) atoms. The molecule has 0 unspecified atom stereocenters. The zero-order chi connectivity index (χ0) is 24.0. The molecule has 1 fully saturated rings. The average molecular weight is 529 g/mol. The summed E-state index contributed by atoms with van der Waals surface area (Å²) in [6.07, 6.45) is 6.84. The molecule has 7 nitrogen and oxygen atoms in total. The van der Waals surface area contributed by atoms with E-state index >= 15 is 0 Å². The Balaban J connectivity index is 1.76. The number of anilines is 1. The quantitative estimate of drug-likeness (QED) is 0.389. The minimum absolute atomic E-state index is 0.0710. The Morgan fingerprint density at radius 2 is 1.97 bits per heavy atom. The number of nitrogens with one attached hydrogen (secondary N) is 1. The van der Waals surface area contributed by atoms with Crippen molar-refractivity contribution in [2.45, 2.75) is 13.8 Å². The van der Waals surface area contributed by atoms with E-state index < -0.39 is 17.1 Å². The highest BCUT2D eigenvalue weighted by Gasteiger charge is 2.36.